The summed E-state index contributed by atoms with van der Waals surface area (Å²) in [5.74, 6) is 0.813. The topological polar surface area (TPSA) is 56.7 Å². The zero-order chi connectivity index (χ0) is 13.3. The van der Waals surface area contributed by atoms with Crippen molar-refractivity contribution in [1.29, 1.82) is 0 Å². The lowest BCUT2D eigenvalue weighted by Gasteiger charge is -2.14. The highest BCUT2D eigenvalue weighted by atomic mass is 79.9. The maximum absolute atomic E-state index is 14.0. The van der Waals surface area contributed by atoms with E-state index in [1.165, 1.54) is 6.07 Å². The van der Waals surface area contributed by atoms with Crippen LogP contribution in [0.25, 0.3) is 11.4 Å². The van der Waals surface area contributed by atoms with Crippen molar-refractivity contribution in [3.05, 3.63) is 34.3 Å². The summed E-state index contributed by atoms with van der Waals surface area (Å²) >= 11 is 3.35. The number of nitrogens with zero attached hydrogens (tertiary/aromatic N) is 3. The summed E-state index contributed by atoms with van der Waals surface area (Å²) in [7, 11) is 0. The minimum Gasteiger partial charge on any atom is -0.324 e. The first-order valence-electron chi connectivity index (χ1n) is 5.64. The van der Waals surface area contributed by atoms with Crippen LogP contribution >= 0.6 is 15.9 Å². The predicted octanol–water partition coefficient (Wildman–Crippen LogP) is 2.89. The van der Waals surface area contributed by atoms with Crippen molar-refractivity contribution in [3.8, 4) is 11.4 Å². The molecule has 6 heteroatoms. The van der Waals surface area contributed by atoms with Crippen LogP contribution in [-0.2, 0) is 6.54 Å². The largest absolute Gasteiger partial charge is 0.324 e. The molecule has 1 aromatic heterocycles. The molecule has 0 aliphatic rings. The minimum absolute atomic E-state index is 0.111. The molecule has 0 aliphatic heterocycles. The Morgan fingerprint density at radius 2 is 2.11 bits per heavy atom. The first-order chi connectivity index (χ1) is 8.56. The van der Waals surface area contributed by atoms with Crippen molar-refractivity contribution in [2.75, 3.05) is 0 Å². The predicted molar refractivity (Wildman–Crippen MR) is 71.4 cm³/mol. The van der Waals surface area contributed by atoms with Gasteiger partial charge in [0.15, 0.2) is 5.82 Å². The van der Waals surface area contributed by atoms with E-state index in [4.69, 9.17) is 5.73 Å². The van der Waals surface area contributed by atoms with Crippen LogP contribution in [0.4, 0.5) is 4.39 Å². The van der Waals surface area contributed by atoms with Gasteiger partial charge in [-0.25, -0.2) is 4.39 Å². The van der Waals surface area contributed by atoms with Gasteiger partial charge in [-0.1, -0.05) is 6.07 Å². The van der Waals surface area contributed by atoms with Gasteiger partial charge in [0.2, 0.25) is 0 Å². The van der Waals surface area contributed by atoms with Crippen LogP contribution in [0.5, 0.6) is 0 Å². The summed E-state index contributed by atoms with van der Waals surface area (Å²) in [6.45, 7) is 4.25. The molecule has 0 amide bonds. The van der Waals surface area contributed by atoms with Crippen LogP contribution in [0.2, 0.25) is 0 Å². The van der Waals surface area contributed by atoms with Gasteiger partial charge in [-0.3, -0.25) is 0 Å². The SMILES string of the molecule is CC(C)n1c(CN)nnc1-c1c(F)cccc1Br. The monoisotopic (exact) mass is 312 g/mol. The van der Waals surface area contributed by atoms with Crippen LogP contribution in [0, 0.1) is 5.82 Å². The molecular formula is C12H14BrFN4. The Labute approximate surface area is 113 Å². The van der Waals surface area contributed by atoms with Crippen molar-refractivity contribution >= 4 is 15.9 Å². The van der Waals surface area contributed by atoms with E-state index in [0.717, 1.165) is 0 Å². The molecule has 0 atom stereocenters. The quantitative estimate of drug-likeness (QED) is 0.948. The molecular weight excluding hydrogens is 299 g/mol. The van der Waals surface area contributed by atoms with E-state index in [-0.39, 0.29) is 18.4 Å². The van der Waals surface area contributed by atoms with Crippen molar-refractivity contribution in [2.45, 2.75) is 26.4 Å². The van der Waals surface area contributed by atoms with Crippen molar-refractivity contribution in [1.82, 2.24) is 14.8 Å². The Hall–Kier alpha value is -1.27. The van der Waals surface area contributed by atoms with Crippen LogP contribution in [0.15, 0.2) is 22.7 Å². The normalized spacial score (nSPS) is 11.2. The smallest absolute Gasteiger partial charge is 0.168 e. The molecule has 0 aliphatic carbocycles. The van der Waals surface area contributed by atoms with E-state index >= 15 is 0 Å². The van der Waals surface area contributed by atoms with Gasteiger partial charge in [-0.05, 0) is 41.9 Å². The summed E-state index contributed by atoms with van der Waals surface area (Å²) in [5.41, 5.74) is 6.04. The first kappa shape index (κ1) is 13.2. The van der Waals surface area contributed by atoms with Crippen LogP contribution in [-0.4, -0.2) is 14.8 Å². The van der Waals surface area contributed by atoms with Crippen molar-refractivity contribution in [2.24, 2.45) is 5.73 Å². The highest BCUT2D eigenvalue weighted by Crippen LogP contribution is 2.31. The molecule has 0 saturated heterocycles. The van der Waals surface area contributed by atoms with E-state index in [1.807, 2.05) is 18.4 Å². The molecule has 1 heterocycles. The standard InChI is InChI=1S/C12H14BrFN4/c1-7(2)18-10(6-15)16-17-12(18)11-8(13)4-3-5-9(11)14/h3-5,7H,6,15H2,1-2H3. The maximum Gasteiger partial charge on any atom is 0.168 e. The van der Waals surface area contributed by atoms with E-state index < -0.39 is 0 Å². The Balaban J connectivity index is 2.68. The van der Waals surface area contributed by atoms with Gasteiger partial charge in [-0.15, -0.1) is 10.2 Å². The number of rotatable bonds is 3. The lowest BCUT2D eigenvalue weighted by Crippen LogP contribution is -2.12. The van der Waals surface area contributed by atoms with Crippen LogP contribution in [0.1, 0.15) is 25.7 Å². The average Bonchev–Trinajstić information content (AvgIpc) is 2.72. The highest BCUT2D eigenvalue weighted by molar-refractivity contribution is 9.10. The molecule has 0 spiro atoms. The molecule has 2 rings (SSSR count). The van der Waals surface area contributed by atoms with Gasteiger partial charge in [0, 0.05) is 10.5 Å². The molecule has 2 N–H and O–H groups in total. The summed E-state index contributed by atoms with van der Waals surface area (Å²) in [6, 6.07) is 4.93. The zero-order valence-electron chi connectivity index (χ0n) is 10.2. The van der Waals surface area contributed by atoms with Crippen molar-refractivity contribution in [3.63, 3.8) is 0 Å². The fourth-order valence-electron chi connectivity index (χ4n) is 1.89. The molecule has 0 bridgehead atoms. The fraction of sp³-hybridized carbons (Fsp3) is 0.333. The lowest BCUT2D eigenvalue weighted by molar-refractivity contribution is 0.569. The number of nitrogens with two attached hydrogens (primary N) is 1. The Morgan fingerprint density at radius 3 is 2.67 bits per heavy atom. The van der Waals surface area contributed by atoms with E-state index in [9.17, 15) is 4.39 Å². The number of aromatic nitrogens is 3. The molecule has 4 nitrogen and oxygen atoms in total. The Kier molecular flexibility index (Phi) is 3.77. The zero-order valence-corrected chi connectivity index (χ0v) is 11.8. The third-order valence-electron chi connectivity index (χ3n) is 2.65. The summed E-state index contributed by atoms with van der Waals surface area (Å²) in [6.07, 6.45) is 0. The van der Waals surface area contributed by atoms with Gasteiger partial charge in [0.05, 0.1) is 12.1 Å². The van der Waals surface area contributed by atoms with E-state index in [1.54, 1.807) is 12.1 Å². The van der Waals surface area contributed by atoms with Crippen LogP contribution < -0.4 is 5.73 Å². The summed E-state index contributed by atoms with van der Waals surface area (Å²) in [5, 5.41) is 8.08. The second-order valence-corrected chi connectivity index (χ2v) is 5.06. The molecule has 0 saturated carbocycles. The average molecular weight is 313 g/mol. The molecule has 0 fully saturated rings. The molecule has 0 unspecified atom stereocenters. The molecule has 0 radical (unpaired) electrons. The third kappa shape index (κ3) is 2.18. The Bertz CT molecular complexity index is 545. The van der Waals surface area contributed by atoms with E-state index in [2.05, 4.69) is 26.1 Å². The number of benzene rings is 1. The Morgan fingerprint density at radius 1 is 1.39 bits per heavy atom. The van der Waals surface area contributed by atoms with Gasteiger partial charge < -0.3 is 10.3 Å². The van der Waals surface area contributed by atoms with E-state index in [0.29, 0.717) is 21.7 Å². The lowest BCUT2D eigenvalue weighted by atomic mass is 10.2. The second-order valence-electron chi connectivity index (χ2n) is 4.20. The number of halogens is 2. The molecule has 18 heavy (non-hydrogen) atoms. The summed E-state index contributed by atoms with van der Waals surface area (Å²) < 4.78 is 16.5. The first-order valence-corrected chi connectivity index (χ1v) is 6.43. The molecule has 2 aromatic rings. The van der Waals surface area contributed by atoms with Gasteiger partial charge in [0.1, 0.15) is 11.6 Å². The van der Waals surface area contributed by atoms with Crippen molar-refractivity contribution < 1.29 is 4.39 Å². The second kappa shape index (κ2) is 5.16. The van der Waals surface area contributed by atoms with Crippen LogP contribution in [0.3, 0.4) is 0 Å². The minimum atomic E-state index is -0.331. The van der Waals surface area contributed by atoms with Gasteiger partial charge in [-0.2, -0.15) is 0 Å². The van der Waals surface area contributed by atoms with Gasteiger partial charge in [0.25, 0.3) is 0 Å². The number of hydrogen-bond donors (Lipinski definition) is 1. The fourth-order valence-corrected chi connectivity index (χ4v) is 2.41. The van der Waals surface area contributed by atoms with Gasteiger partial charge >= 0.3 is 0 Å². The molecule has 96 valence electrons. The highest BCUT2D eigenvalue weighted by Gasteiger charge is 2.20. The third-order valence-corrected chi connectivity index (χ3v) is 3.31. The molecule has 1 aromatic carbocycles. The maximum atomic E-state index is 14.0. The number of hydrogen-bond acceptors (Lipinski definition) is 3. The summed E-state index contributed by atoms with van der Waals surface area (Å²) in [4.78, 5) is 0.